The van der Waals surface area contributed by atoms with Crippen molar-refractivity contribution < 1.29 is 0 Å². The number of anilines is 1. The van der Waals surface area contributed by atoms with Crippen LogP contribution in [0.1, 0.15) is 48.4 Å². The quantitative estimate of drug-likeness (QED) is 0.850. The van der Waals surface area contributed by atoms with E-state index in [-0.39, 0.29) is 0 Å². The fraction of sp³-hybridized carbons (Fsp3) is 0.562. The monoisotopic (exact) mass is 285 g/mol. The van der Waals surface area contributed by atoms with Gasteiger partial charge in [-0.3, -0.25) is 4.98 Å². The van der Waals surface area contributed by atoms with E-state index in [9.17, 15) is 0 Å². The first-order valence-corrected chi connectivity index (χ1v) is 7.57. The molecular weight excluding hydrogens is 262 g/mol. The Morgan fingerprint density at radius 1 is 1.19 bits per heavy atom. The highest BCUT2D eigenvalue weighted by Crippen LogP contribution is 2.26. The Balaban J connectivity index is 1.94. The van der Waals surface area contributed by atoms with Crippen molar-refractivity contribution in [2.24, 2.45) is 7.05 Å². The number of nitrogens with zero attached hydrogens (tertiary/aromatic N) is 5. The third kappa shape index (κ3) is 2.41. The minimum atomic E-state index is 0.453. The summed E-state index contributed by atoms with van der Waals surface area (Å²) < 4.78 is 2.27. The molecule has 0 radical (unpaired) electrons. The third-order valence-electron chi connectivity index (χ3n) is 4.16. The molecule has 0 spiro atoms. The van der Waals surface area contributed by atoms with E-state index in [0.717, 1.165) is 36.7 Å². The molecule has 0 aromatic carbocycles. The van der Waals surface area contributed by atoms with E-state index < -0.39 is 0 Å². The van der Waals surface area contributed by atoms with Crippen LogP contribution in [0, 0.1) is 13.8 Å². The van der Waals surface area contributed by atoms with Gasteiger partial charge in [0.1, 0.15) is 5.82 Å². The molecule has 5 heteroatoms. The van der Waals surface area contributed by atoms with Crippen LogP contribution in [0.4, 0.5) is 5.82 Å². The molecule has 2 aromatic heterocycles. The van der Waals surface area contributed by atoms with Crippen molar-refractivity contribution in [1.82, 2.24) is 19.5 Å². The van der Waals surface area contributed by atoms with Crippen LogP contribution in [0.3, 0.4) is 0 Å². The van der Waals surface area contributed by atoms with Gasteiger partial charge in [-0.25, -0.2) is 9.97 Å². The lowest BCUT2D eigenvalue weighted by Crippen LogP contribution is -2.32. The summed E-state index contributed by atoms with van der Waals surface area (Å²) in [5.74, 6) is 2.63. The fourth-order valence-corrected chi connectivity index (χ4v) is 3.07. The summed E-state index contributed by atoms with van der Waals surface area (Å²) in [6.07, 6.45) is 2.84. The standard InChI is InChI=1S/C16H23N5/c1-10(2)15-19-13-9-21(7-6-14(13)20(15)5)16-12(4)17-8-11(3)18-16/h8,10H,6-7,9H2,1-5H3. The van der Waals surface area contributed by atoms with Crippen molar-refractivity contribution in [1.29, 1.82) is 0 Å². The van der Waals surface area contributed by atoms with Crippen molar-refractivity contribution in [2.45, 2.75) is 46.6 Å². The van der Waals surface area contributed by atoms with Crippen LogP contribution in [0.2, 0.25) is 0 Å². The molecule has 0 aliphatic carbocycles. The first-order chi connectivity index (χ1) is 9.97. The van der Waals surface area contributed by atoms with Gasteiger partial charge in [0.2, 0.25) is 0 Å². The van der Waals surface area contributed by atoms with Gasteiger partial charge in [-0.1, -0.05) is 13.8 Å². The van der Waals surface area contributed by atoms with Gasteiger partial charge in [0.05, 0.1) is 23.6 Å². The van der Waals surface area contributed by atoms with Gasteiger partial charge in [0.25, 0.3) is 0 Å². The van der Waals surface area contributed by atoms with Gasteiger partial charge in [0.15, 0.2) is 5.82 Å². The number of hydrogen-bond donors (Lipinski definition) is 0. The van der Waals surface area contributed by atoms with Crippen LogP contribution in [0.5, 0.6) is 0 Å². The molecule has 0 saturated carbocycles. The summed E-state index contributed by atoms with van der Waals surface area (Å²) in [5.41, 5.74) is 4.51. The maximum Gasteiger partial charge on any atom is 0.150 e. The minimum Gasteiger partial charge on any atom is -0.349 e. The fourth-order valence-electron chi connectivity index (χ4n) is 3.07. The average Bonchev–Trinajstić information content (AvgIpc) is 2.78. The normalized spacial score (nSPS) is 14.7. The molecule has 0 saturated heterocycles. The first kappa shape index (κ1) is 14.0. The molecule has 0 unspecified atom stereocenters. The van der Waals surface area contributed by atoms with Crippen molar-refractivity contribution in [3.05, 3.63) is 34.8 Å². The smallest absolute Gasteiger partial charge is 0.150 e. The zero-order valence-corrected chi connectivity index (χ0v) is 13.5. The van der Waals surface area contributed by atoms with Gasteiger partial charge < -0.3 is 9.47 Å². The molecule has 0 N–H and O–H groups in total. The molecular formula is C16H23N5. The van der Waals surface area contributed by atoms with Crippen molar-refractivity contribution in [3.8, 4) is 0 Å². The Labute approximate surface area is 126 Å². The van der Waals surface area contributed by atoms with E-state index in [2.05, 4.69) is 40.3 Å². The summed E-state index contributed by atoms with van der Waals surface area (Å²) in [5, 5.41) is 0. The van der Waals surface area contributed by atoms with Gasteiger partial charge in [-0.2, -0.15) is 0 Å². The molecule has 3 rings (SSSR count). The molecule has 21 heavy (non-hydrogen) atoms. The van der Waals surface area contributed by atoms with E-state index in [0.29, 0.717) is 5.92 Å². The second-order valence-corrected chi connectivity index (χ2v) is 6.17. The van der Waals surface area contributed by atoms with Crippen molar-refractivity contribution >= 4 is 5.82 Å². The molecule has 5 nitrogen and oxygen atoms in total. The number of aromatic nitrogens is 4. The molecule has 0 fully saturated rings. The lowest BCUT2D eigenvalue weighted by atomic mass is 10.1. The first-order valence-electron chi connectivity index (χ1n) is 7.57. The Kier molecular flexibility index (Phi) is 3.43. The Morgan fingerprint density at radius 2 is 1.95 bits per heavy atom. The summed E-state index contributed by atoms with van der Waals surface area (Å²) >= 11 is 0. The second kappa shape index (κ2) is 5.13. The van der Waals surface area contributed by atoms with Gasteiger partial charge in [-0.15, -0.1) is 0 Å². The van der Waals surface area contributed by atoms with Crippen molar-refractivity contribution in [3.63, 3.8) is 0 Å². The molecule has 1 aliphatic rings. The molecule has 0 amide bonds. The highest BCUT2D eigenvalue weighted by atomic mass is 15.2. The maximum absolute atomic E-state index is 4.85. The Morgan fingerprint density at radius 3 is 2.67 bits per heavy atom. The van der Waals surface area contributed by atoms with Crippen LogP contribution < -0.4 is 4.90 Å². The van der Waals surface area contributed by atoms with E-state index in [1.54, 1.807) is 0 Å². The average molecular weight is 285 g/mol. The third-order valence-corrected chi connectivity index (χ3v) is 4.16. The molecule has 2 aromatic rings. The maximum atomic E-state index is 4.85. The van der Waals surface area contributed by atoms with E-state index >= 15 is 0 Å². The minimum absolute atomic E-state index is 0.453. The molecule has 0 bridgehead atoms. The van der Waals surface area contributed by atoms with E-state index in [4.69, 9.17) is 4.98 Å². The van der Waals surface area contributed by atoms with Gasteiger partial charge in [0, 0.05) is 37.8 Å². The van der Waals surface area contributed by atoms with Crippen molar-refractivity contribution in [2.75, 3.05) is 11.4 Å². The van der Waals surface area contributed by atoms with Crippen LogP contribution in [-0.4, -0.2) is 26.1 Å². The second-order valence-electron chi connectivity index (χ2n) is 6.17. The summed E-state index contributed by atoms with van der Waals surface area (Å²) in [6, 6.07) is 0. The predicted octanol–water partition coefficient (Wildman–Crippen LogP) is 2.51. The highest BCUT2D eigenvalue weighted by molar-refractivity contribution is 5.45. The summed E-state index contributed by atoms with van der Waals surface area (Å²) in [4.78, 5) is 16.2. The number of hydrogen-bond acceptors (Lipinski definition) is 4. The topological polar surface area (TPSA) is 46.8 Å². The van der Waals surface area contributed by atoms with Gasteiger partial charge >= 0.3 is 0 Å². The SMILES string of the molecule is Cc1cnc(C)c(N2CCc3c(nc(C(C)C)n3C)C2)n1. The van der Waals surface area contributed by atoms with Crippen LogP contribution >= 0.6 is 0 Å². The van der Waals surface area contributed by atoms with Gasteiger partial charge in [-0.05, 0) is 13.8 Å². The van der Waals surface area contributed by atoms with Crippen LogP contribution in [0.25, 0.3) is 0 Å². The predicted molar refractivity (Wildman–Crippen MR) is 83.6 cm³/mol. The van der Waals surface area contributed by atoms with Crippen LogP contribution in [0.15, 0.2) is 6.20 Å². The highest BCUT2D eigenvalue weighted by Gasteiger charge is 2.25. The Bertz CT molecular complexity index is 672. The molecule has 3 heterocycles. The number of rotatable bonds is 2. The molecule has 112 valence electrons. The lowest BCUT2D eigenvalue weighted by Gasteiger charge is -2.28. The van der Waals surface area contributed by atoms with E-state index in [1.807, 2.05) is 20.0 Å². The lowest BCUT2D eigenvalue weighted by molar-refractivity contribution is 0.656. The number of imidazole rings is 1. The number of fused-ring (bicyclic) bond motifs is 1. The zero-order valence-electron chi connectivity index (χ0n) is 13.5. The zero-order chi connectivity index (χ0) is 15.1. The largest absolute Gasteiger partial charge is 0.349 e. The van der Waals surface area contributed by atoms with E-state index in [1.165, 1.54) is 17.2 Å². The molecule has 0 atom stereocenters. The number of aryl methyl sites for hydroxylation is 2. The summed E-state index contributed by atoms with van der Waals surface area (Å²) in [6.45, 7) is 10.2. The van der Waals surface area contributed by atoms with Crippen LogP contribution in [-0.2, 0) is 20.0 Å². The summed E-state index contributed by atoms with van der Waals surface area (Å²) in [7, 11) is 2.13. The Hall–Kier alpha value is -1.91. The molecule has 1 aliphatic heterocycles.